The molecule has 0 atom stereocenters. The van der Waals surface area contributed by atoms with Gasteiger partial charge in [-0.1, -0.05) is 26.0 Å². The molecule has 0 aliphatic rings. The Labute approximate surface area is 80.5 Å². The van der Waals surface area contributed by atoms with Gasteiger partial charge in [0.25, 0.3) is 0 Å². The van der Waals surface area contributed by atoms with E-state index in [1.807, 2.05) is 12.3 Å². The van der Waals surface area contributed by atoms with Crippen LogP contribution in [0, 0.1) is 0 Å². The molecule has 13 heavy (non-hydrogen) atoms. The highest BCUT2D eigenvalue weighted by molar-refractivity contribution is 5.65. The number of nitrogens with zero attached hydrogens (tertiary/aromatic N) is 1. The largest absolute Gasteiger partial charge is 0.260 e. The van der Waals surface area contributed by atoms with E-state index >= 15 is 0 Å². The summed E-state index contributed by atoms with van der Waals surface area (Å²) in [4.78, 5) is 4.41. The van der Waals surface area contributed by atoms with Gasteiger partial charge in [0.2, 0.25) is 0 Å². The van der Waals surface area contributed by atoms with Crippen molar-refractivity contribution < 1.29 is 0 Å². The van der Waals surface area contributed by atoms with Crippen molar-refractivity contribution in [2.75, 3.05) is 0 Å². The van der Waals surface area contributed by atoms with Crippen LogP contribution in [0.15, 0.2) is 24.4 Å². The first-order valence-corrected chi connectivity index (χ1v) is 4.75. The molecular weight excluding hydrogens is 158 g/mol. The number of allylic oxidation sites excluding steroid dienone is 2. The third kappa shape index (κ3) is 2.18. The van der Waals surface area contributed by atoms with E-state index in [9.17, 15) is 0 Å². The van der Waals surface area contributed by atoms with E-state index in [0.717, 1.165) is 0 Å². The number of aromatic nitrogens is 1. The first kappa shape index (κ1) is 9.97. The Morgan fingerprint density at radius 3 is 2.69 bits per heavy atom. The average molecular weight is 175 g/mol. The molecule has 1 heterocycles. The van der Waals surface area contributed by atoms with Gasteiger partial charge in [-0.3, -0.25) is 4.98 Å². The van der Waals surface area contributed by atoms with Gasteiger partial charge in [-0.25, -0.2) is 0 Å². The van der Waals surface area contributed by atoms with Crippen molar-refractivity contribution >= 4 is 5.57 Å². The van der Waals surface area contributed by atoms with Crippen molar-refractivity contribution in [3.63, 3.8) is 0 Å². The molecule has 0 unspecified atom stereocenters. The predicted molar refractivity (Wildman–Crippen MR) is 57.7 cm³/mol. The molecule has 0 fully saturated rings. The van der Waals surface area contributed by atoms with Crippen LogP contribution in [0.2, 0.25) is 0 Å². The number of pyridine rings is 1. The summed E-state index contributed by atoms with van der Waals surface area (Å²) in [5.74, 6) is 0.492. The summed E-state index contributed by atoms with van der Waals surface area (Å²) in [7, 11) is 0. The second-order valence-corrected chi connectivity index (χ2v) is 3.56. The van der Waals surface area contributed by atoms with Gasteiger partial charge < -0.3 is 0 Å². The fourth-order valence-electron chi connectivity index (χ4n) is 1.37. The molecular formula is C12H17N. The Morgan fingerprint density at radius 2 is 2.15 bits per heavy atom. The standard InChI is InChI=1S/C12H17N/c1-5-10(4)11-7-6-8-13-12(11)9(2)3/h5-9H,1-4H3/b10-5-. The highest BCUT2D eigenvalue weighted by Gasteiger charge is 2.07. The van der Waals surface area contributed by atoms with Gasteiger partial charge >= 0.3 is 0 Å². The van der Waals surface area contributed by atoms with E-state index < -0.39 is 0 Å². The first-order valence-electron chi connectivity index (χ1n) is 4.75. The summed E-state index contributed by atoms with van der Waals surface area (Å²) in [6.07, 6.45) is 3.99. The molecule has 0 saturated heterocycles. The van der Waals surface area contributed by atoms with Crippen molar-refractivity contribution in [1.29, 1.82) is 0 Å². The van der Waals surface area contributed by atoms with E-state index in [1.54, 1.807) is 0 Å². The minimum atomic E-state index is 0.492. The zero-order chi connectivity index (χ0) is 9.84. The van der Waals surface area contributed by atoms with Gasteiger partial charge in [0.15, 0.2) is 0 Å². The number of hydrogen-bond donors (Lipinski definition) is 0. The maximum atomic E-state index is 4.41. The van der Waals surface area contributed by atoms with Crippen LogP contribution in [0.3, 0.4) is 0 Å². The molecule has 0 bridgehead atoms. The van der Waals surface area contributed by atoms with Gasteiger partial charge in [-0.05, 0) is 37.0 Å². The Morgan fingerprint density at radius 1 is 1.46 bits per heavy atom. The van der Waals surface area contributed by atoms with Crippen LogP contribution < -0.4 is 0 Å². The summed E-state index contributed by atoms with van der Waals surface area (Å²) in [6.45, 7) is 8.54. The molecule has 0 aliphatic heterocycles. The molecule has 1 aromatic heterocycles. The van der Waals surface area contributed by atoms with E-state index in [1.165, 1.54) is 16.8 Å². The summed E-state index contributed by atoms with van der Waals surface area (Å²) < 4.78 is 0. The maximum absolute atomic E-state index is 4.41. The second kappa shape index (κ2) is 4.22. The van der Waals surface area contributed by atoms with Crippen LogP contribution in [0.25, 0.3) is 5.57 Å². The van der Waals surface area contributed by atoms with Crippen LogP contribution in [0.5, 0.6) is 0 Å². The highest BCUT2D eigenvalue weighted by atomic mass is 14.7. The summed E-state index contributed by atoms with van der Waals surface area (Å²) >= 11 is 0. The van der Waals surface area contributed by atoms with Crippen LogP contribution in [0.4, 0.5) is 0 Å². The molecule has 1 rings (SSSR count). The fourth-order valence-corrected chi connectivity index (χ4v) is 1.37. The van der Waals surface area contributed by atoms with Crippen LogP contribution >= 0.6 is 0 Å². The Balaban J connectivity index is 3.20. The quantitative estimate of drug-likeness (QED) is 0.669. The third-order valence-electron chi connectivity index (χ3n) is 2.24. The van der Waals surface area contributed by atoms with Gasteiger partial charge in [-0.15, -0.1) is 0 Å². The normalized spacial score (nSPS) is 12.2. The van der Waals surface area contributed by atoms with Crippen molar-refractivity contribution in [2.24, 2.45) is 0 Å². The molecule has 0 amide bonds. The topological polar surface area (TPSA) is 12.9 Å². The Kier molecular flexibility index (Phi) is 3.24. The third-order valence-corrected chi connectivity index (χ3v) is 2.24. The lowest BCUT2D eigenvalue weighted by atomic mass is 9.99. The minimum absolute atomic E-state index is 0.492. The highest BCUT2D eigenvalue weighted by Crippen LogP contribution is 2.22. The van der Waals surface area contributed by atoms with Gasteiger partial charge in [-0.2, -0.15) is 0 Å². The molecule has 1 heteroatoms. The van der Waals surface area contributed by atoms with Crippen LogP contribution in [-0.2, 0) is 0 Å². The smallest absolute Gasteiger partial charge is 0.0503 e. The molecule has 0 aromatic carbocycles. The zero-order valence-corrected chi connectivity index (χ0v) is 8.83. The minimum Gasteiger partial charge on any atom is -0.260 e. The lowest BCUT2D eigenvalue weighted by Gasteiger charge is -2.10. The van der Waals surface area contributed by atoms with Gasteiger partial charge in [0.1, 0.15) is 0 Å². The van der Waals surface area contributed by atoms with E-state index in [0.29, 0.717) is 5.92 Å². The average Bonchev–Trinajstić information content (AvgIpc) is 2.16. The van der Waals surface area contributed by atoms with E-state index in [-0.39, 0.29) is 0 Å². The molecule has 0 spiro atoms. The molecule has 1 aromatic rings. The van der Waals surface area contributed by atoms with Crippen molar-refractivity contribution in [2.45, 2.75) is 33.6 Å². The predicted octanol–water partition coefficient (Wildman–Crippen LogP) is 3.63. The van der Waals surface area contributed by atoms with Gasteiger partial charge in [0.05, 0.1) is 5.69 Å². The zero-order valence-electron chi connectivity index (χ0n) is 8.83. The molecule has 0 saturated carbocycles. The van der Waals surface area contributed by atoms with Crippen LogP contribution in [0.1, 0.15) is 44.9 Å². The molecule has 1 nitrogen and oxygen atoms in total. The molecule has 0 aliphatic carbocycles. The van der Waals surface area contributed by atoms with Crippen LogP contribution in [-0.4, -0.2) is 4.98 Å². The van der Waals surface area contributed by atoms with Crippen molar-refractivity contribution in [3.05, 3.63) is 35.7 Å². The molecule has 0 radical (unpaired) electrons. The van der Waals surface area contributed by atoms with E-state index in [2.05, 4.69) is 44.8 Å². The summed E-state index contributed by atoms with van der Waals surface area (Å²) in [5.41, 5.74) is 3.77. The van der Waals surface area contributed by atoms with Crippen molar-refractivity contribution in [1.82, 2.24) is 4.98 Å². The first-order chi connectivity index (χ1) is 6.16. The van der Waals surface area contributed by atoms with E-state index in [4.69, 9.17) is 0 Å². The van der Waals surface area contributed by atoms with Crippen molar-refractivity contribution in [3.8, 4) is 0 Å². The lowest BCUT2D eigenvalue weighted by molar-refractivity contribution is 0.818. The molecule has 0 N–H and O–H groups in total. The monoisotopic (exact) mass is 175 g/mol. The lowest BCUT2D eigenvalue weighted by Crippen LogP contribution is -1.97. The fraction of sp³-hybridized carbons (Fsp3) is 0.417. The second-order valence-electron chi connectivity index (χ2n) is 3.56. The Hall–Kier alpha value is -1.11. The summed E-state index contributed by atoms with van der Waals surface area (Å²) in [6, 6.07) is 4.13. The summed E-state index contributed by atoms with van der Waals surface area (Å²) in [5, 5.41) is 0. The Bertz CT molecular complexity index is 311. The van der Waals surface area contributed by atoms with Gasteiger partial charge in [0, 0.05) is 6.20 Å². The maximum Gasteiger partial charge on any atom is 0.0503 e. The number of hydrogen-bond acceptors (Lipinski definition) is 1. The molecule has 70 valence electrons. The SMILES string of the molecule is C/C=C(/C)c1cccnc1C(C)C. The number of rotatable bonds is 2.